The number of hydrogen-bond donors (Lipinski definition) is 1. The van der Waals surface area contributed by atoms with Gasteiger partial charge in [0.25, 0.3) is 0 Å². The molecule has 2 saturated carbocycles. The minimum Gasteiger partial charge on any atom is -0.313 e. The third kappa shape index (κ3) is 2.98. The summed E-state index contributed by atoms with van der Waals surface area (Å²) < 4.78 is 0. The number of rotatable bonds is 5. The summed E-state index contributed by atoms with van der Waals surface area (Å²) in [6.07, 6.45) is 6.57. The van der Waals surface area contributed by atoms with Crippen LogP contribution in [0.25, 0.3) is 6.08 Å². The van der Waals surface area contributed by atoms with Crippen LogP contribution >= 0.6 is 0 Å². The van der Waals surface area contributed by atoms with Crippen LogP contribution in [0.15, 0.2) is 35.9 Å². The van der Waals surface area contributed by atoms with E-state index in [1.54, 1.807) is 0 Å². The number of hydrogen-bond acceptors (Lipinski definition) is 1. The molecule has 0 saturated heterocycles. The minimum atomic E-state index is 0.760. The fraction of sp³-hybridized carbons (Fsp3) is 0.500. The van der Waals surface area contributed by atoms with Crippen LogP contribution in [-0.4, -0.2) is 12.6 Å². The average Bonchev–Trinajstić information content (AvgIpc) is 3.22. The van der Waals surface area contributed by atoms with E-state index in [-0.39, 0.29) is 0 Å². The van der Waals surface area contributed by atoms with Crippen LogP contribution in [0.4, 0.5) is 0 Å². The highest BCUT2D eigenvalue weighted by Crippen LogP contribution is 2.39. The Balaban J connectivity index is 1.53. The predicted molar refractivity (Wildman–Crippen MR) is 72.7 cm³/mol. The van der Waals surface area contributed by atoms with Crippen LogP contribution in [-0.2, 0) is 0 Å². The first-order chi connectivity index (χ1) is 8.33. The normalized spacial score (nSPS) is 28.2. The Morgan fingerprint density at radius 1 is 1.29 bits per heavy atom. The Bertz CT molecular complexity index is 403. The summed E-state index contributed by atoms with van der Waals surface area (Å²) in [5, 5.41) is 3.69. The molecule has 1 aromatic carbocycles. The van der Waals surface area contributed by atoms with Crippen LogP contribution in [0.1, 0.15) is 31.7 Å². The summed E-state index contributed by atoms with van der Waals surface area (Å²) in [6.45, 7) is 3.52. The van der Waals surface area contributed by atoms with Crippen LogP contribution < -0.4 is 5.32 Å². The molecule has 1 aromatic rings. The molecule has 0 radical (unpaired) electrons. The van der Waals surface area contributed by atoms with Gasteiger partial charge in [0, 0.05) is 6.04 Å². The van der Waals surface area contributed by atoms with Gasteiger partial charge >= 0.3 is 0 Å². The molecule has 0 bridgehead atoms. The van der Waals surface area contributed by atoms with Gasteiger partial charge in [0.1, 0.15) is 0 Å². The van der Waals surface area contributed by atoms with Crippen molar-refractivity contribution in [1.29, 1.82) is 0 Å². The van der Waals surface area contributed by atoms with E-state index in [0.29, 0.717) is 0 Å². The fourth-order valence-electron chi connectivity index (χ4n) is 2.48. The van der Waals surface area contributed by atoms with Crippen molar-refractivity contribution in [2.24, 2.45) is 11.8 Å². The molecule has 2 aliphatic carbocycles. The monoisotopic (exact) mass is 227 g/mol. The van der Waals surface area contributed by atoms with Gasteiger partial charge in [0.05, 0.1) is 0 Å². The highest BCUT2D eigenvalue weighted by Gasteiger charge is 2.38. The van der Waals surface area contributed by atoms with E-state index in [1.807, 2.05) is 0 Å². The molecule has 0 heterocycles. The quantitative estimate of drug-likeness (QED) is 0.812. The lowest BCUT2D eigenvalue weighted by Crippen LogP contribution is -2.20. The first-order valence-electron chi connectivity index (χ1n) is 6.79. The van der Waals surface area contributed by atoms with Gasteiger partial charge in [0.15, 0.2) is 0 Å². The van der Waals surface area contributed by atoms with E-state index >= 15 is 0 Å². The van der Waals surface area contributed by atoms with E-state index in [0.717, 1.165) is 17.9 Å². The van der Waals surface area contributed by atoms with E-state index in [9.17, 15) is 0 Å². The van der Waals surface area contributed by atoms with Gasteiger partial charge in [-0.05, 0) is 50.1 Å². The topological polar surface area (TPSA) is 12.0 Å². The van der Waals surface area contributed by atoms with Crippen LogP contribution in [0.3, 0.4) is 0 Å². The molecule has 1 N–H and O–H groups in total. The third-order valence-electron chi connectivity index (χ3n) is 3.93. The fourth-order valence-corrected chi connectivity index (χ4v) is 2.48. The second-order valence-electron chi connectivity index (χ2n) is 5.60. The molecular formula is C16H21N. The minimum absolute atomic E-state index is 0.760. The molecule has 2 aliphatic rings. The second-order valence-corrected chi connectivity index (χ2v) is 5.60. The van der Waals surface area contributed by atoms with E-state index < -0.39 is 0 Å². The highest BCUT2D eigenvalue weighted by atomic mass is 15.0. The first-order valence-corrected chi connectivity index (χ1v) is 6.79. The second kappa shape index (κ2) is 4.66. The Morgan fingerprint density at radius 2 is 2.06 bits per heavy atom. The van der Waals surface area contributed by atoms with Crippen molar-refractivity contribution >= 4 is 6.08 Å². The number of nitrogens with one attached hydrogen (secondary N) is 1. The molecule has 90 valence electrons. The SMILES string of the molecule is CC(=Cc1ccccc1)C1CC1NCC1CC1. The van der Waals surface area contributed by atoms with Crippen molar-refractivity contribution < 1.29 is 0 Å². The lowest BCUT2D eigenvalue weighted by Gasteiger charge is -2.03. The molecule has 1 nitrogen and oxygen atoms in total. The summed E-state index contributed by atoms with van der Waals surface area (Å²) in [5.74, 6) is 1.78. The lowest BCUT2D eigenvalue weighted by atomic mass is 10.1. The van der Waals surface area contributed by atoms with Crippen molar-refractivity contribution in [2.75, 3.05) is 6.54 Å². The molecule has 2 fully saturated rings. The number of benzene rings is 1. The van der Waals surface area contributed by atoms with Crippen molar-refractivity contribution in [3.05, 3.63) is 41.5 Å². The Morgan fingerprint density at radius 3 is 2.76 bits per heavy atom. The molecule has 0 aromatic heterocycles. The average molecular weight is 227 g/mol. The Hall–Kier alpha value is -1.08. The smallest absolute Gasteiger partial charge is 0.0139 e. The maximum atomic E-state index is 3.69. The van der Waals surface area contributed by atoms with Gasteiger partial charge in [0.2, 0.25) is 0 Å². The van der Waals surface area contributed by atoms with E-state index in [2.05, 4.69) is 48.6 Å². The largest absolute Gasteiger partial charge is 0.313 e. The van der Waals surface area contributed by atoms with Gasteiger partial charge in [-0.25, -0.2) is 0 Å². The Labute approximate surface area is 104 Å². The van der Waals surface area contributed by atoms with Crippen LogP contribution in [0, 0.1) is 11.8 Å². The summed E-state index contributed by atoms with van der Waals surface area (Å²) in [6, 6.07) is 11.4. The van der Waals surface area contributed by atoms with Crippen LogP contribution in [0.2, 0.25) is 0 Å². The zero-order valence-corrected chi connectivity index (χ0v) is 10.5. The molecule has 3 rings (SSSR count). The van der Waals surface area contributed by atoms with Crippen molar-refractivity contribution in [3.63, 3.8) is 0 Å². The van der Waals surface area contributed by atoms with Crippen molar-refractivity contribution in [2.45, 2.75) is 32.2 Å². The molecule has 17 heavy (non-hydrogen) atoms. The standard InChI is InChI=1S/C16H21N/c1-12(9-13-5-3-2-4-6-13)15-10-16(15)17-11-14-7-8-14/h2-6,9,14-17H,7-8,10-11H2,1H3. The van der Waals surface area contributed by atoms with Gasteiger partial charge < -0.3 is 5.32 Å². The Kier molecular flexibility index (Phi) is 3.02. The molecule has 2 unspecified atom stereocenters. The molecular weight excluding hydrogens is 206 g/mol. The summed E-state index contributed by atoms with van der Waals surface area (Å²) >= 11 is 0. The van der Waals surface area contributed by atoms with E-state index in [4.69, 9.17) is 0 Å². The highest BCUT2D eigenvalue weighted by molar-refractivity contribution is 5.53. The molecule has 1 heteroatoms. The van der Waals surface area contributed by atoms with Gasteiger partial charge in [-0.1, -0.05) is 42.0 Å². The zero-order chi connectivity index (χ0) is 11.7. The summed E-state index contributed by atoms with van der Waals surface area (Å²) in [4.78, 5) is 0. The van der Waals surface area contributed by atoms with Gasteiger partial charge in [-0.15, -0.1) is 0 Å². The van der Waals surface area contributed by atoms with E-state index in [1.165, 1.54) is 36.9 Å². The lowest BCUT2D eigenvalue weighted by molar-refractivity contribution is 0.616. The van der Waals surface area contributed by atoms with Crippen molar-refractivity contribution in [1.82, 2.24) is 5.32 Å². The summed E-state index contributed by atoms with van der Waals surface area (Å²) in [5.41, 5.74) is 2.86. The van der Waals surface area contributed by atoms with Gasteiger partial charge in [-0.2, -0.15) is 0 Å². The van der Waals surface area contributed by atoms with Crippen molar-refractivity contribution in [3.8, 4) is 0 Å². The molecule has 2 atom stereocenters. The maximum absolute atomic E-state index is 3.69. The third-order valence-corrected chi connectivity index (χ3v) is 3.93. The first kappa shape index (κ1) is 11.0. The van der Waals surface area contributed by atoms with Gasteiger partial charge in [-0.3, -0.25) is 0 Å². The zero-order valence-electron chi connectivity index (χ0n) is 10.5. The molecule has 0 spiro atoms. The van der Waals surface area contributed by atoms with Crippen LogP contribution in [0.5, 0.6) is 0 Å². The maximum Gasteiger partial charge on any atom is 0.0139 e. The predicted octanol–water partition coefficient (Wildman–Crippen LogP) is 3.48. The molecule has 0 aliphatic heterocycles. The molecule has 0 amide bonds. The summed E-state index contributed by atoms with van der Waals surface area (Å²) in [7, 11) is 0.